The molecule has 114 valence electrons. The van der Waals surface area contributed by atoms with Crippen LogP contribution in [0.1, 0.15) is 58.3 Å². The van der Waals surface area contributed by atoms with Crippen molar-refractivity contribution in [2.45, 2.75) is 58.3 Å². The molecule has 0 aliphatic heterocycles. The fourth-order valence-corrected chi connectivity index (χ4v) is 6.29. The summed E-state index contributed by atoms with van der Waals surface area (Å²) >= 11 is 0. The maximum atomic E-state index is 12.3. The molecule has 0 aromatic heterocycles. The van der Waals surface area contributed by atoms with Crippen LogP contribution < -0.4 is 0 Å². The van der Waals surface area contributed by atoms with Crippen molar-refractivity contribution in [3.8, 4) is 0 Å². The molecule has 0 spiro atoms. The van der Waals surface area contributed by atoms with E-state index in [1.807, 2.05) is 0 Å². The largest absolute Gasteiger partial charge is 0.299 e. The van der Waals surface area contributed by atoms with E-state index in [4.69, 9.17) is 0 Å². The Bertz CT molecular complexity index is 523. The molecule has 0 aromatic rings. The van der Waals surface area contributed by atoms with Gasteiger partial charge in [-0.15, -0.1) is 0 Å². The monoisotopic (exact) mass is 288 g/mol. The predicted molar refractivity (Wildman–Crippen MR) is 77.5 cm³/mol. The van der Waals surface area contributed by atoms with Crippen molar-refractivity contribution in [3.05, 3.63) is 0 Å². The SMILES string of the molecule is C[C@]12CC[C@H]3[C@@H](CCC4C(=O)C(=O)CC[C@@H]43)[C@@H]1CCC2=O. The topological polar surface area (TPSA) is 51.2 Å². The fraction of sp³-hybridized carbons (Fsp3) is 0.833. The molecule has 4 fully saturated rings. The van der Waals surface area contributed by atoms with Crippen LogP contribution in [0.3, 0.4) is 0 Å². The van der Waals surface area contributed by atoms with Crippen molar-refractivity contribution in [2.24, 2.45) is 35.0 Å². The van der Waals surface area contributed by atoms with E-state index in [-0.39, 0.29) is 22.9 Å². The molecule has 0 heterocycles. The zero-order chi connectivity index (χ0) is 14.8. The minimum atomic E-state index is -0.133. The van der Waals surface area contributed by atoms with Gasteiger partial charge in [-0.1, -0.05) is 6.92 Å². The standard InChI is InChI=1S/C18H24O3/c1-18-9-8-11-10-4-6-15(19)17(21)13(10)3-2-12(11)14(18)5-7-16(18)20/h10-14H,2-9H2,1H3/t10-,11-,12-,13?,14+,18+/m1/s1. The van der Waals surface area contributed by atoms with Crippen LogP contribution in [0.25, 0.3) is 0 Å². The highest BCUT2D eigenvalue weighted by Crippen LogP contribution is 2.60. The molecule has 0 aromatic carbocycles. The summed E-state index contributed by atoms with van der Waals surface area (Å²) in [6, 6.07) is 0. The van der Waals surface area contributed by atoms with Crippen molar-refractivity contribution >= 4 is 17.3 Å². The molecular weight excluding hydrogens is 264 g/mol. The normalized spacial score (nSPS) is 49.6. The molecule has 0 N–H and O–H groups in total. The van der Waals surface area contributed by atoms with Crippen molar-refractivity contribution in [1.82, 2.24) is 0 Å². The number of rotatable bonds is 0. The van der Waals surface area contributed by atoms with E-state index < -0.39 is 0 Å². The Morgan fingerprint density at radius 1 is 0.857 bits per heavy atom. The third-order valence-corrected chi connectivity index (χ3v) is 7.40. The molecule has 6 atom stereocenters. The van der Waals surface area contributed by atoms with Gasteiger partial charge in [-0.25, -0.2) is 0 Å². The Hall–Kier alpha value is -0.990. The van der Waals surface area contributed by atoms with E-state index in [9.17, 15) is 14.4 Å². The van der Waals surface area contributed by atoms with Gasteiger partial charge in [-0.2, -0.15) is 0 Å². The summed E-state index contributed by atoms with van der Waals surface area (Å²) in [5.74, 6) is 2.44. The number of Topliss-reactive ketones (excluding diaryl/α,β-unsaturated/α-hetero) is 3. The average molecular weight is 288 g/mol. The third kappa shape index (κ3) is 1.75. The number of hydrogen-bond donors (Lipinski definition) is 0. The van der Waals surface area contributed by atoms with E-state index in [1.165, 1.54) is 0 Å². The molecule has 3 heteroatoms. The van der Waals surface area contributed by atoms with Crippen LogP contribution in [-0.4, -0.2) is 17.3 Å². The lowest BCUT2D eigenvalue weighted by atomic mass is 9.50. The van der Waals surface area contributed by atoms with Gasteiger partial charge in [0.25, 0.3) is 0 Å². The average Bonchev–Trinajstić information content (AvgIpc) is 2.78. The second kappa shape index (κ2) is 4.50. The lowest BCUT2D eigenvalue weighted by Crippen LogP contribution is -2.51. The quantitative estimate of drug-likeness (QED) is 0.644. The molecule has 4 rings (SSSR count). The molecule has 0 radical (unpaired) electrons. The Morgan fingerprint density at radius 2 is 1.67 bits per heavy atom. The molecule has 0 saturated heterocycles. The van der Waals surface area contributed by atoms with E-state index in [2.05, 4.69) is 6.92 Å². The molecule has 3 nitrogen and oxygen atoms in total. The minimum absolute atomic E-state index is 0.00830. The van der Waals surface area contributed by atoms with E-state index >= 15 is 0 Å². The van der Waals surface area contributed by atoms with E-state index in [1.54, 1.807) is 0 Å². The third-order valence-electron chi connectivity index (χ3n) is 7.40. The van der Waals surface area contributed by atoms with Crippen molar-refractivity contribution in [2.75, 3.05) is 0 Å². The summed E-state index contributed by atoms with van der Waals surface area (Å²) in [6.45, 7) is 2.19. The maximum Gasteiger partial charge on any atom is 0.201 e. The minimum Gasteiger partial charge on any atom is -0.299 e. The summed E-state index contributed by atoms with van der Waals surface area (Å²) < 4.78 is 0. The van der Waals surface area contributed by atoms with E-state index in [0.717, 1.165) is 44.9 Å². The van der Waals surface area contributed by atoms with Crippen LogP contribution in [0.5, 0.6) is 0 Å². The van der Waals surface area contributed by atoms with Crippen LogP contribution in [-0.2, 0) is 14.4 Å². The first kappa shape index (κ1) is 13.7. The first-order chi connectivity index (χ1) is 10.0. The molecule has 1 unspecified atom stereocenters. The van der Waals surface area contributed by atoms with Gasteiger partial charge in [-0.3, -0.25) is 14.4 Å². The molecule has 4 aliphatic carbocycles. The summed E-state index contributed by atoms with van der Waals surface area (Å²) in [5.41, 5.74) is -0.0809. The van der Waals surface area contributed by atoms with Gasteiger partial charge < -0.3 is 0 Å². The van der Waals surface area contributed by atoms with Gasteiger partial charge in [0, 0.05) is 24.2 Å². The Labute approximate surface area is 125 Å². The number of fused-ring (bicyclic) bond motifs is 5. The zero-order valence-electron chi connectivity index (χ0n) is 12.8. The van der Waals surface area contributed by atoms with Crippen LogP contribution in [0.4, 0.5) is 0 Å². The highest BCUT2D eigenvalue weighted by molar-refractivity contribution is 6.38. The second-order valence-electron chi connectivity index (χ2n) is 8.03. The molecule has 0 amide bonds. The van der Waals surface area contributed by atoms with Crippen molar-refractivity contribution in [1.29, 1.82) is 0 Å². The first-order valence-electron chi connectivity index (χ1n) is 8.62. The van der Waals surface area contributed by atoms with Gasteiger partial charge in [0.05, 0.1) is 0 Å². The zero-order valence-corrected chi connectivity index (χ0v) is 12.8. The summed E-state index contributed by atoms with van der Waals surface area (Å²) in [5, 5.41) is 0. The van der Waals surface area contributed by atoms with E-state index in [0.29, 0.717) is 35.9 Å². The molecular formula is C18H24O3. The van der Waals surface area contributed by atoms with Crippen LogP contribution in [0, 0.1) is 35.0 Å². The Kier molecular flexibility index (Phi) is 2.93. The Morgan fingerprint density at radius 3 is 2.48 bits per heavy atom. The highest BCUT2D eigenvalue weighted by atomic mass is 16.2. The summed E-state index contributed by atoms with van der Waals surface area (Å²) in [6.07, 6.45) is 7.22. The van der Waals surface area contributed by atoms with Crippen molar-refractivity contribution in [3.63, 3.8) is 0 Å². The lowest BCUT2D eigenvalue weighted by molar-refractivity contribution is -0.149. The fourth-order valence-electron chi connectivity index (χ4n) is 6.29. The smallest absolute Gasteiger partial charge is 0.201 e. The second-order valence-corrected chi connectivity index (χ2v) is 8.03. The first-order valence-corrected chi connectivity index (χ1v) is 8.62. The molecule has 4 aliphatic rings. The van der Waals surface area contributed by atoms with Crippen LogP contribution in [0.15, 0.2) is 0 Å². The summed E-state index contributed by atoms with van der Waals surface area (Å²) in [7, 11) is 0. The van der Waals surface area contributed by atoms with Crippen LogP contribution in [0.2, 0.25) is 0 Å². The molecule has 0 bridgehead atoms. The lowest BCUT2D eigenvalue weighted by Gasteiger charge is -2.53. The van der Waals surface area contributed by atoms with Crippen LogP contribution >= 0.6 is 0 Å². The van der Waals surface area contributed by atoms with Gasteiger partial charge in [0.1, 0.15) is 5.78 Å². The van der Waals surface area contributed by atoms with Gasteiger partial charge in [-0.05, 0) is 62.2 Å². The molecule has 4 saturated carbocycles. The number of ketones is 3. The maximum absolute atomic E-state index is 12.3. The number of carbonyl (C=O) groups is 3. The number of carbonyl (C=O) groups excluding carboxylic acids is 3. The number of hydrogen-bond acceptors (Lipinski definition) is 3. The van der Waals surface area contributed by atoms with Gasteiger partial charge in [0.2, 0.25) is 5.78 Å². The van der Waals surface area contributed by atoms with Gasteiger partial charge in [0.15, 0.2) is 5.78 Å². The Balaban J connectivity index is 1.62. The van der Waals surface area contributed by atoms with Gasteiger partial charge >= 0.3 is 0 Å². The predicted octanol–water partition coefficient (Wildman–Crippen LogP) is 2.96. The summed E-state index contributed by atoms with van der Waals surface area (Å²) in [4.78, 5) is 36.1. The highest BCUT2D eigenvalue weighted by Gasteiger charge is 2.57. The molecule has 21 heavy (non-hydrogen) atoms. The van der Waals surface area contributed by atoms with Crippen molar-refractivity contribution < 1.29 is 14.4 Å².